The molecule has 0 bridgehead atoms. The van der Waals surface area contributed by atoms with Gasteiger partial charge in [-0.2, -0.15) is 0 Å². The highest BCUT2D eigenvalue weighted by Crippen LogP contribution is 2.16. The maximum atomic E-state index is 10.4. The first kappa shape index (κ1) is 36.2. The zero-order valence-corrected chi connectivity index (χ0v) is 25.4. The molecule has 0 saturated heterocycles. The molecule has 2 nitrogen and oxygen atoms in total. The Morgan fingerprint density at radius 2 is 0.622 bits per heavy atom. The molecule has 0 aliphatic carbocycles. The summed E-state index contributed by atoms with van der Waals surface area (Å²) >= 11 is 0. The molecule has 220 valence electrons. The molecule has 2 heteroatoms. The topological polar surface area (TPSA) is 37.3 Å². The first-order chi connectivity index (χ1) is 18.3. The molecule has 1 N–H and O–H groups in total. The third kappa shape index (κ3) is 35.2. The van der Waals surface area contributed by atoms with Crippen LogP contribution in [0.1, 0.15) is 206 Å². The Labute approximate surface area is 233 Å². The SMILES string of the molecule is CCCCCCCCCCCCCCCCCCCCCCCCCCCCCCCCC=CC(=O)O. The summed E-state index contributed by atoms with van der Waals surface area (Å²) in [5.41, 5.74) is 0. The van der Waals surface area contributed by atoms with E-state index in [9.17, 15) is 4.79 Å². The molecule has 0 saturated carbocycles. The van der Waals surface area contributed by atoms with Crippen LogP contribution in [-0.2, 0) is 4.79 Å². The average molecular weight is 521 g/mol. The normalized spacial score (nSPS) is 11.6. The zero-order valence-electron chi connectivity index (χ0n) is 25.4. The molecule has 0 fully saturated rings. The van der Waals surface area contributed by atoms with Crippen LogP contribution in [0.2, 0.25) is 0 Å². The van der Waals surface area contributed by atoms with E-state index in [1.54, 1.807) is 6.08 Å². The fourth-order valence-corrected chi connectivity index (χ4v) is 5.47. The van der Waals surface area contributed by atoms with E-state index >= 15 is 0 Å². The van der Waals surface area contributed by atoms with Crippen molar-refractivity contribution < 1.29 is 9.90 Å². The predicted molar refractivity (Wildman–Crippen MR) is 166 cm³/mol. The van der Waals surface area contributed by atoms with Crippen LogP contribution in [0.4, 0.5) is 0 Å². The molecule has 0 rings (SSSR count). The summed E-state index contributed by atoms with van der Waals surface area (Å²) in [6.07, 6.45) is 46.8. The minimum Gasteiger partial charge on any atom is -0.478 e. The Morgan fingerprint density at radius 3 is 0.838 bits per heavy atom. The van der Waals surface area contributed by atoms with Crippen molar-refractivity contribution in [3.05, 3.63) is 12.2 Å². The zero-order chi connectivity index (χ0) is 26.9. The molecule has 0 aromatic carbocycles. The smallest absolute Gasteiger partial charge is 0.327 e. The number of allylic oxidation sites excluding steroid dienone is 1. The molecular weight excluding hydrogens is 452 g/mol. The van der Waals surface area contributed by atoms with Crippen LogP contribution in [-0.4, -0.2) is 11.1 Å². The quantitative estimate of drug-likeness (QED) is 0.0707. The van der Waals surface area contributed by atoms with Crippen molar-refractivity contribution in [2.75, 3.05) is 0 Å². The minimum absolute atomic E-state index is 0.828. The molecule has 0 radical (unpaired) electrons. The largest absolute Gasteiger partial charge is 0.478 e. The third-order valence-corrected chi connectivity index (χ3v) is 7.98. The van der Waals surface area contributed by atoms with Gasteiger partial charge in [0.1, 0.15) is 0 Å². The van der Waals surface area contributed by atoms with Crippen LogP contribution in [0, 0.1) is 0 Å². The van der Waals surface area contributed by atoms with Crippen molar-refractivity contribution in [2.24, 2.45) is 0 Å². The van der Waals surface area contributed by atoms with Gasteiger partial charge in [0.2, 0.25) is 0 Å². The Hall–Kier alpha value is -0.790. The van der Waals surface area contributed by atoms with E-state index in [-0.39, 0.29) is 0 Å². The number of carboxylic acid groups (broad SMARTS) is 1. The van der Waals surface area contributed by atoms with Crippen LogP contribution >= 0.6 is 0 Å². The first-order valence-electron chi connectivity index (χ1n) is 17.2. The standard InChI is InChI=1S/C35H68O2/c1-2-3-4-5-6-7-8-9-10-11-12-13-14-15-16-17-18-19-20-21-22-23-24-25-26-27-28-29-30-31-32-33-34-35(36)37/h33-34H,2-32H2,1H3,(H,36,37). The second kappa shape index (κ2) is 33.2. The number of unbranched alkanes of at least 4 members (excludes halogenated alkanes) is 30. The van der Waals surface area contributed by atoms with Crippen LogP contribution in [0.5, 0.6) is 0 Å². The number of rotatable bonds is 32. The van der Waals surface area contributed by atoms with Gasteiger partial charge in [0.25, 0.3) is 0 Å². The summed E-state index contributed by atoms with van der Waals surface area (Å²) in [7, 11) is 0. The second-order valence-corrected chi connectivity index (χ2v) is 11.8. The number of carbonyl (C=O) groups is 1. The van der Waals surface area contributed by atoms with Crippen LogP contribution < -0.4 is 0 Å². The number of aliphatic carboxylic acids is 1. The summed E-state index contributed by atoms with van der Waals surface area (Å²) in [6, 6.07) is 0. The van der Waals surface area contributed by atoms with Gasteiger partial charge in [0.15, 0.2) is 0 Å². The maximum Gasteiger partial charge on any atom is 0.327 e. The lowest BCUT2D eigenvalue weighted by Crippen LogP contribution is -1.86. The number of hydrogen-bond donors (Lipinski definition) is 1. The highest BCUT2D eigenvalue weighted by atomic mass is 16.4. The molecule has 0 aromatic rings. The lowest BCUT2D eigenvalue weighted by atomic mass is 10.0. The van der Waals surface area contributed by atoms with Gasteiger partial charge in [-0.1, -0.05) is 199 Å². The van der Waals surface area contributed by atoms with E-state index < -0.39 is 5.97 Å². The molecular formula is C35H68O2. The van der Waals surface area contributed by atoms with Gasteiger partial charge in [-0.15, -0.1) is 0 Å². The van der Waals surface area contributed by atoms with E-state index in [0.717, 1.165) is 12.8 Å². The van der Waals surface area contributed by atoms with Crippen LogP contribution in [0.25, 0.3) is 0 Å². The van der Waals surface area contributed by atoms with Gasteiger partial charge < -0.3 is 5.11 Å². The van der Waals surface area contributed by atoms with Gasteiger partial charge >= 0.3 is 5.97 Å². The fourth-order valence-electron chi connectivity index (χ4n) is 5.47. The molecule has 0 amide bonds. The lowest BCUT2D eigenvalue weighted by Gasteiger charge is -2.04. The monoisotopic (exact) mass is 521 g/mol. The molecule has 37 heavy (non-hydrogen) atoms. The van der Waals surface area contributed by atoms with Crippen molar-refractivity contribution in [1.82, 2.24) is 0 Å². The van der Waals surface area contributed by atoms with Gasteiger partial charge in [-0.3, -0.25) is 0 Å². The Kier molecular flexibility index (Phi) is 32.5. The molecule has 0 unspecified atom stereocenters. The fraction of sp³-hybridized carbons (Fsp3) is 0.914. The van der Waals surface area contributed by atoms with Gasteiger partial charge in [0.05, 0.1) is 0 Å². The highest BCUT2D eigenvalue weighted by molar-refractivity contribution is 5.79. The summed E-state index contributed by atoms with van der Waals surface area (Å²) in [4.78, 5) is 10.4. The Morgan fingerprint density at radius 1 is 0.405 bits per heavy atom. The van der Waals surface area contributed by atoms with Crippen LogP contribution in [0.15, 0.2) is 12.2 Å². The lowest BCUT2D eigenvalue weighted by molar-refractivity contribution is -0.131. The van der Waals surface area contributed by atoms with E-state index in [0.29, 0.717) is 0 Å². The highest BCUT2D eigenvalue weighted by Gasteiger charge is 1.97. The van der Waals surface area contributed by atoms with Crippen molar-refractivity contribution in [2.45, 2.75) is 206 Å². The first-order valence-corrected chi connectivity index (χ1v) is 17.2. The maximum absolute atomic E-state index is 10.4. The van der Waals surface area contributed by atoms with Crippen molar-refractivity contribution >= 4 is 5.97 Å². The summed E-state index contributed by atoms with van der Waals surface area (Å²) in [5, 5.41) is 8.54. The molecule has 0 atom stereocenters. The molecule has 0 spiro atoms. The summed E-state index contributed by atoms with van der Waals surface area (Å²) < 4.78 is 0. The summed E-state index contributed by atoms with van der Waals surface area (Å²) in [5.74, 6) is -0.828. The molecule has 0 aliphatic rings. The second-order valence-electron chi connectivity index (χ2n) is 11.8. The van der Waals surface area contributed by atoms with E-state index in [1.165, 1.54) is 192 Å². The van der Waals surface area contributed by atoms with Crippen molar-refractivity contribution in [3.8, 4) is 0 Å². The van der Waals surface area contributed by atoms with E-state index in [2.05, 4.69) is 6.92 Å². The third-order valence-electron chi connectivity index (χ3n) is 7.98. The minimum atomic E-state index is -0.828. The molecule has 0 aliphatic heterocycles. The van der Waals surface area contributed by atoms with Gasteiger partial charge in [-0.05, 0) is 12.8 Å². The average Bonchev–Trinajstić information content (AvgIpc) is 2.89. The molecule has 0 aromatic heterocycles. The van der Waals surface area contributed by atoms with Gasteiger partial charge in [0, 0.05) is 6.08 Å². The summed E-state index contributed by atoms with van der Waals surface area (Å²) in [6.45, 7) is 2.30. The number of hydrogen-bond acceptors (Lipinski definition) is 1. The van der Waals surface area contributed by atoms with Crippen molar-refractivity contribution in [3.63, 3.8) is 0 Å². The van der Waals surface area contributed by atoms with E-state index in [4.69, 9.17) is 5.11 Å². The van der Waals surface area contributed by atoms with Crippen LogP contribution in [0.3, 0.4) is 0 Å². The van der Waals surface area contributed by atoms with Crippen molar-refractivity contribution in [1.29, 1.82) is 0 Å². The van der Waals surface area contributed by atoms with E-state index in [1.807, 2.05) is 0 Å². The Balaban J connectivity index is 3.04. The Bertz CT molecular complexity index is 456. The molecule has 0 heterocycles. The van der Waals surface area contributed by atoms with Gasteiger partial charge in [-0.25, -0.2) is 4.79 Å². The number of carboxylic acids is 1. The predicted octanol–water partition coefficient (Wildman–Crippen LogP) is 12.7.